The topological polar surface area (TPSA) is 95.7 Å². The molecule has 0 aromatic heterocycles. The SMILES string of the molecule is Cc1cccc(N2CCN(C(=O)Nc3ccc(S(N)(=O)=O)cc3)CC2)c1C. The lowest BCUT2D eigenvalue weighted by Crippen LogP contribution is -2.50. The maximum atomic E-state index is 12.5. The number of carbonyl (C=O) groups excluding carboxylic acids is 1. The van der Waals surface area contributed by atoms with Crippen LogP contribution in [0.15, 0.2) is 47.4 Å². The summed E-state index contributed by atoms with van der Waals surface area (Å²) in [6.45, 7) is 6.99. The van der Waals surface area contributed by atoms with Gasteiger partial charge in [0.1, 0.15) is 0 Å². The first-order valence-electron chi connectivity index (χ1n) is 8.75. The minimum absolute atomic E-state index is 0.0163. The highest BCUT2D eigenvalue weighted by Gasteiger charge is 2.22. The second-order valence-electron chi connectivity index (χ2n) is 6.69. The number of hydrogen-bond donors (Lipinski definition) is 2. The van der Waals surface area contributed by atoms with Gasteiger partial charge in [-0.05, 0) is 55.3 Å². The van der Waals surface area contributed by atoms with E-state index in [1.807, 2.05) is 0 Å². The van der Waals surface area contributed by atoms with Crippen LogP contribution in [0.2, 0.25) is 0 Å². The molecule has 2 amide bonds. The number of hydrogen-bond acceptors (Lipinski definition) is 4. The number of aryl methyl sites for hydroxylation is 1. The van der Waals surface area contributed by atoms with Crippen LogP contribution in [0.3, 0.4) is 0 Å². The minimum Gasteiger partial charge on any atom is -0.368 e. The second kappa shape index (κ2) is 7.58. The largest absolute Gasteiger partial charge is 0.368 e. The van der Waals surface area contributed by atoms with Gasteiger partial charge in [-0.25, -0.2) is 18.4 Å². The predicted octanol–water partition coefficient (Wildman–Crippen LogP) is 2.30. The number of rotatable bonds is 3. The molecule has 0 bridgehead atoms. The molecule has 0 unspecified atom stereocenters. The van der Waals surface area contributed by atoms with Gasteiger partial charge in [0, 0.05) is 37.6 Å². The first kappa shape index (κ1) is 19.2. The highest BCUT2D eigenvalue weighted by molar-refractivity contribution is 7.89. The average molecular weight is 388 g/mol. The molecule has 3 rings (SSSR count). The number of benzene rings is 2. The van der Waals surface area contributed by atoms with Crippen LogP contribution in [0.5, 0.6) is 0 Å². The lowest BCUT2D eigenvalue weighted by Gasteiger charge is -2.37. The van der Waals surface area contributed by atoms with Crippen LogP contribution in [0, 0.1) is 13.8 Å². The van der Waals surface area contributed by atoms with Crippen LogP contribution in [0.1, 0.15) is 11.1 Å². The molecule has 0 atom stereocenters. The summed E-state index contributed by atoms with van der Waals surface area (Å²) < 4.78 is 22.6. The fourth-order valence-electron chi connectivity index (χ4n) is 3.16. The van der Waals surface area contributed by atoms with E-state index in [1.165, 1.54) is 41.1 Å². The Kier molecular flexibility index (Phi) is 5.38. The van der Waals surface area contributed by atoms with Gasteiger partial charge < -0.3 is 15.1 Å². The van der Waals surface area contributed by atoms with Crippen molar-refractivity contribution in [2.45, 2.75) is 18.7 Å². The molecule has 1 aliphatic rings. The van der Waals surface area contributed by atoms with E-state index in [4.69, 9.17) is 5.14 Å². The summed E-state index contributed by atoms with van der Waals surface area (Å²) in [4.78, 5) is 16.5. The van der Waals surface area contributed by atoms with Crippen molar-refractivity contribution in [3.63, 3.8) is 0 Å². The van der Waals surface area contributed by atoms with Gasteiger partial charge in [-0.1, -0.05) is 12.1 Å². The summed E-state index contributed by atoms with van der Waals surface area (Å²) in [5.74, 6) is 0. The number of anilines is 2. The molecular formula is C19H24N4O3S. The average Bonchev–Trinajstić information content (AvgIpc) is 2.64. The van der Waals surface area contributed by atoms with Crippen molar-refractivity contribution in [3.8, 4) is 0 Å². The van der Waals surface area contributed by atoms with Gasteiger partial charge in [-0.15, -0.1) is 0 Å². The van der Waals surface area contributed by atoms with Crippen molar-refractivity contribution in [2.24, 2.45) is 5.14 Å². The Morgan fingerprint density at radius 3 is 2.22 bits per heavy atom. The maximum Gasteiger partial charge on any atom is 0.321 e. The number of piperazine rings is 1. The lowest BCUT2D eigenvalue weighted by atomic mass is 10.1. The molecule has 2 aromatic rings. The quantitative estimate of drug-likeness (QED) is 0.843. The molecule has 0 aliphatic carbocycles. The summed E-state index contributed by atoms with van der Waals surface area (Å²) in [6.07, 6.45) is 0. The third-order valence-corrected chi connectivity index (χ3v) is 5.85. The maximum absolute atomic E-state index is 12.5. The zero-order valence-electron chi connectivity index (χ0n) is 15.5. The van der Waals surface area contributed by atoms with Crippen molar-refractivity contribution in [1.29, 1.82) is 0 Å². The fraction of sp³-hybridized carbons (Fsp3) is 0.316. The summed E-state index contributed by atoms with van der Waals surface area (Å²) in [7, 11) is -3.74. The molecule has 2 aromatic carbocycles. The standard InChI is InChI=1S/C19H24N4O3S/c1-14-4-3-5-18(15(14)2)22-10-12-23(13-11-22)19(24)21-16-6-8-17(9-7-16)27(20,25)26/h3-9H,10-13H2,1-2H3,(H,21,24)(H2,20,25,26). The number of carbonyl (C=O) groups is 1. The Labute approximate surface area is 159 Å². The van der Waals surface area contributed by atoms with Gasteiger partial charge in [0.15, 0.2) is 0 Å². The molecule has 0 radical (unpaired) electrons. The molecule has 0 saturated carbocycles. The molecule has 1 fully saturated rings. The Bertz CT molecular complexity index is 934. The van der Waals surface area contributed by atoms with E-state index in [0.29, 0.717) is 18.8 Å². The smallest absolute Gasteiger partial charge is 0.321 e. The van der Waals surface area contributed by atoms with Gasteiger partial charge in [0.05, 0.1) is 4.90 Å². The molecule has 1 saturated heterocycles. The van der Waals surface area contributed by atoms with Gasteiger partial charge in [-0.3, -0.25) is 0 Å². The van der Waals surface area contributed by atoms with E-state index in [1.54, 1.807) is 4.90 Å². The predicted molar refractivity (Wildman–Crippen MR) is 107 cm³/mol. The number of urea groups is 1. The lowest BCUT2D eigenvalue weighted by molar-refractivity contribution is 0.208. The van der Waals surface area contributed by atoms with E-state index in [9.17, 15) is 13.2 Å². The van der Waals surface area contributed by atoms with Crippen LogP contribution >= 0.6 is 0 Å². The van der Waals surface area contributed by atoms with Crippen LogP contribution in [0.4, 0.5) is 16.2 Å². The van der Waals surface area contributed by atoms with E-state index in [2.05, 4.69) is 42.3 Å². The molecule has 7 nitrogen and oxygen atoms in total. The van der Waals surface area contributed by atoms with E-state index >= 15 is 0 Å². The van der Waals surface area contributed by atoms with Crippen LogP contribution in [0.25, 0.3) is 0 Å². The van der Waals surface area contributed by atoms with E-state index in [-0.39, 0.29) is 10.9 Å². The molecule has 3 N–H and O–H groups in total. The summed E-state index contributed by atoms with van der Waals surface area (Å²) in [5, 5.41) is 7.88. The van der Waals surface area contributed by atoms with E-state index < -0.39 is 10.0 Å². The van der Waals surface area contributed by atoms with Crippen molar-refractivity contribution < 1.29 is 13.2 Å². The number of nitrogens with two attached hydrogens (primary N) is 1. The first-order chi connectivity index (χ1) is 12.8. The van der Waals surface area contributed by atoms with Crippen LogP contribution in [-0.4, -0.2) is 45.5 Å². The van der Waals surface area contributed by atoms with E-state index in [0.717, 1.165) is 13.1 Å². The Morgan fingerprint density at radius 2 is 1.63 bits per heavy atom. The van der Waals surface area contributed by atoms with Crippen molar-refractivity contribution in [2.75, 3.05) is 36.4 Å². The molecule has 27 heavy (non-hydrogen) atoms. The van der Waals surface area contributed by atoms with Crippen molar-refractivity contribution in [1.82, 2.24) is 4.90 Å². The van der Waals surface area contributed by atoms with Crippen molar-refractivity contribution >= 4 is 27.4 Å². The summed E-state index contributed by atoms with van der Waals surface area (Å²) in [6, 6.07) is 11.9. The number of nitrogens with one attached hydrogen (secondary N) is 1. The molecule has 8 heteroatoms. The number of nitrogens with zero attached hydrogens (tertiary/aromatic N) is 2. The number of primary sulfonamides is 1. The van der Waals surface area contributed by atoms with Gasteiger partial charge >= 0.3 is 6.03 Å². The fourth-order valence-corrected chi connectivity index (χ4v) is 3.67. The molecule has 1 heterocycles. The molecule has 144 valence electrons. The van der Waals surface area contributed by atoms with Gasteiger partial charge in [0.25, 0.3) is 0 Å². The third kappa shape index (κ3) is 4.40. The number of amides is 2. The molecule has 1 aliphatic heterocycles. The Hall–Kier alpha value is -2.58. The van der Waals surface area contributed by atoms with Crippen LogP contribution in [-0.2, 0) is 10.0 Å². The number of sulfonamides is 1. The van der Waals surface area contributed by atoms with Gasteiger partial charge in [-0.2, -0.15) is 0 Å². The summed E-state index contributed by atoms with van der Waals surface area (Å²) >= 11 is 0. The first-order valence-corrected chi connectivity index (χ1v) is 10.3. The highest BCUT2D eigenvalue weighted by atomic mass is 32.2. The normalized spacial score (nSPS) is 14.9. The zero-order valence-corrected chi connectivity index (χ0v) is 16.3. The minimum atomic E-state index is -3.74. The zero-order chi connectivity index (χ0) is 19.6. The molecular weight excluding hydrogens is 364 g/mol. The third-order valence-electron chi connectivity index (χ3n) is 4.92. The Morgan fingerprint density at radius 1 is 1.00 bits per heavy atom. The highest BCUT2D eigenvalue weighted by Crippen LogP contribution is 2.24. The van der Waals surface area contributed by atoms with Crippen LogP contribution < -0.4 is 15.4 Å². The second-order valence-corrected chi connectivity index (χ2v) is 8.25. The monoisotopic (exact) mass is 388 g/mol. The molecule has 0 spiro atoms. The Balaban J connectivity index is 1.59. The summed E-state index contributed by atoms with van der Waals surface area (Å²) in [5.41, 5.74) is 4.28. The van der Waals surface area contributed by atoms with Crippen molar-refractivity contribution in [3.05, 3.63) is 53.6 Å². The van der Waals surface area contributed by atoms with Gasteiger partial charge in [0.2, 0.25) is 10.0 Å².